The summed E-state index contributed by atoms with van der Waals surface area (Å²) in [5.41, 5.74) is 0.660. The summed E-state index contributed by atoms with van der Waals surface area (Å²) in [5, 5.41) is 11.4. The molecule has 0 aliphatic carbocycles. The monoisotopic (exact) mass is 320 g/mol. The SMILES string of the molecule is C[C@@H](NCc1cccc(C(F)(F)F)c1)c1nnc2ccccn12. The van der Waals surface area contributed by atoms with Crippen LogP contribution in [0.25, 0.3) is 5.65 Å². The topological polar surface area (TPSA) is 42.2 Å². The molecule has 7 heteroatoms. The highest BCUT2D eigenvalue weighted by molar-refractivity contribution is 5.37. The minimum absolute atomic E-state index is 0.151. The van der Waals surface area contributed by atoms with Gasteiger partial charge in [0.2, 0.25) is 0 Å². The molecule has 3 rings (SSSR count). The van der Waals surface area contributed by atoms with Crippen molar-refractivity contribution in [3.05, 3.63) is 65.6 Å². The summed E-state index contributed by atoms with van der Waals surface area (Å²) in [5.74, 6) is 0.715. The first-order valence-electron chi connectivity index (χ1n) is 7.14. The standard InChI is InChI=1S/C16H15F3N4/c1-11(15-22-21-14-7-2-3-8-23(14)15)20-10-12-5-4-6-13(9-12)16(17,18)19/h2-9,11,20H,10H2,1H3/t11-/m1/s1. The third kappa shape index (κ3) is 3.34. The first-order valence-corrected chi connectivity index (χ1v) is 7.14. The normalized spacial score (nSPS) is 13.4. The van der Waals surface area contributed by atoms with Gasteiger partial charge in [-0.3, -0.25) is 4.40 Å². The van der Waals surface area contributed by atoms with Gasteiger partial charge in [-0.05, 0) is 30.7 Å². The molecular formula is C16H15F3N4. The number of nitrogens with one attached hydrogen (secondary N) is 1. The summed E-state index contributed by atoms with van der Waals surface area (Å²) in [4.78, 5) is 0. The fourth-order valence-electron chi connectivity index (χ4n) is 2.38. The van der Waals surface area contributed by atoms with Crippen LogP contribution in [0.4, 0.5) is 13.2 Å². The summed E-state index contributed by atoms with van der Waals surface area (Å²) in [6.45, 7) is 2.21. The Labute approximate surface area is 131 Å². The average molecular weight is 320 g/mol. The Hall–Kier alpha value is -2.41. The zero-order chi connectivity index (χ0) is 16.4. The summed E-state index contributed by atoms with van der Waals surface area (Å²) in [7, 11) is 0. The first-order chi connectivity index (χ1) is 10.9. The predicted molar refractivity (Wildman–Crippen MR) is 79.7 cm³/mol. The molecule has 0 saturated carbocycles. The Morgan fingerprint density at radius 1 is 1.13 bits per heavy atom. The first kappa shape index (κ1) is 15.5. The molecule has 3 aromatic rings. The van der Waals surface area contributed by atoms with Crippen LogP contribution in [0, 0.1) is 0 Å². The van der Waals surface area contributed by atoms with Crippen molar-refractivity contribution in [1.82, 2.24) is 19.9 Å². The number of hydrogen-bond acceptors (Lipinski definition) is 3. The lowest BCUT2D eigenvalue weighted by Gasteiger charge is -2.13. The summed E-state index contributed by atoms with van der Waals surface area (Å²) in [6, 6.07) is 10.7. The van der Waals surface area contributed by atoms with Crippen molar-refractivity contribution in [3.8, 4) is 0 Å². The van der Waals surface area contributed by atoms with Crippen molar-refractivity contribution in [3.63, 3.8) is 0 Å². The minimum atomic E-state index is -4.33. The maximum absolute atomic E-state index is 12.7. The van der Waals surface area contributed by atoms with Crippen molar-refractivity contribution in [2.24, 2.45) is 0 Å². The number of alkyl halides is 3. The van der Waals surface area contributed by atoms with Gasteiger partial charge in [0, 0.05) is 12.7 Å². The molecule has 0 unspecified atom stereocenters. The maximum atomic E-state index is 12.7. The predicted octanol–water partition coefficient (Wildman–Crippen LogP) is 3.60. The van der Waals surface area contributed by atoms with Crippen molar-refractivity contribution in [2.45, 2.75) is 25.7 Å². The number of fused-ring (bicyclic) bond motifs is 1. The van der Waals surface area contributed by atoms with Gasteiger partial charge < -0.3 is 5.32 Å². The van der Waals surface area contributed by atoms with E-state index >= 15 is 0 Å². The van der Waals surface area contributed by atoms with Crippen LogP contribution < -0.4 is 5.32 Å². The molecule has 2 aromatic heterocycles. The molecule has 0 aliphatic rings. The molecule has 0 amide bonds. The van der Waals surface area contributed by atoms with Gasteiger partial charge in [-0.15, -0.1) is 10.2 Å². The van der Waals surface area contributed by atoms with Crippen LogP contribution in [0.1, 0.15) is 29.9 Å². The van der Waals surface area contributed by atoms with E-state index in [4.69, 9.17) is 0 Å². The van der Waals surface area contributed by atoms with E-state index in [-0.39, 0.29) is 6.04 Å². The molecule has 23 heavy (non-hydrogen) atoms. The smallest absolute Gasteiger partial charge is 0.303 e. The highest BCUT2D eigenvalue weighted by Gasteiger charge is 2.30. The van der Waals surface area contributed by atoms with E-state index in [1.165, 1.54) is 6.07 Å². The van der Waals surface area contributed by atoms with Crippen molar-refractivity contribution < 1.29 is 13.2 Å². The molecule has 0 radical (unpaired) electrons. The van der Waals surface area contributed by atoms with E-state index in [0.29, 0.717) is 17.9 Å². The Morgan fingerprint density at radius 2 is 1.96 bits per heavy atom. The molecule has 1 N–H and O–H groups in total. The van der Waals surface area contributed by atoms with Crippen LogP contribution in [0.5, 0.6) is 0 Å². The molecule has 0 saturated heterocycles. The number of pyridine rings is 1. The fourth-order valence-corrected chi connectivity index (χ4v) is 2.38. The van der Waals surface area contributed by atoms with Crippen LogP contribution >= 0.6 is 0 Å². The molecule has 2 heterocycles. The molecule has 0 spiro atoms. The second kappa shape index (κ2) is 6.00. The lowest BCUT2D eigenvalue weighted by atomic mass is 10.1. The van der Waals surface area contributed by atoms with Crippen molar-refractivity contribution in [2.75, 3.05) is 0 Å². The van der Waals surface area contributed by atoms with Crippen LogP contribution in [-0.4, -0.2) is 14.6 Å². The summed E-state index contributed by atoms with van der Waals surface area (Å²) in [6.07, 6.45) is -2.47. The highest BCUT2D eigenvalue weighted by Crippen LogP contribution is 2.29. The Morgan fingerprint density at radius 3 is 2.74 bits per heavy atom. The van der Waals surface area contributed by atoms with Crippen molar-refractivity contribution >= 4 is 5.65 Å². The molecule has 0 fully saturated rings. The second-order valence-electron chi connectivity index (χ2n) is 5.29. The van der Waals surface area contributed by atoms with Crippen molar-refractivity contribution in [1.29, 1.82) is 0 Å². The van der Waals surface area contributed by atoms with E-state index in [1.807, 2.05) is 35.7 Å². The van der Waals surface area contributed by atoms with Gasteiger partial charge in [-0.2, -0.15) is 13.2 Å². The van der Waals surface area contributed by atoms with Gasteiger partial charge in [0.15, 0.2) is 11.5 Å². The molecule has 0 bridgehead atoms. The van der Waals surface area contributed by atoms with Gasteiger partial charge >= 0.3 is 6.18 Å². The van der Waals surface area contributed by atoms with E-state index in [2.05, 4.69) is 15.5 Å². The number of hydrogen-bond donors (Lipinski definition) is 1. The lowest BCUT2D eigenvalue weighted by Crippen LogP contribution is -2.20. The quantitative estimate of drug-likeness (QED) is 0.799. The lowest BCUT2D eigenvalue weighted by molar-refractivity contribution is -0.137. The summed E-state index contributed by atoms with van der Waals surface area (Å²) >= 11 is 0. The van der Waals surface area contributed by atoms with Gasteiger partial charge in [-0.25, -0.2) is 0 Å². The number of rotatable bonds is 4. The fraction of sp³-hybridized carbons (Fsp3) is 0.250. The van der Waals surface area contributed by atoms with E-state index in [0.717, 1.165) is 17.8 Å². The Bertz CT molecular complexity index is 810. The largest absolute Gasteiger partial charge is 0.416 e. The molecule has 0 aliphatic heterocycles. The van der Waals surface area contributed by atoms with E-state index in [1.54, 1.807) is 6.07 Å². The second-order valence-corrected chi connectivity index (χ2v) is 5.29. The van der Waals surface area contributed by atoms with Crippen LogP contribution in [0.2, 0.25) is 0 Å². The molecular weight excluding hydrogens is 305 g/mol. The highest BCUT2D eigenvalue weighted by atomic mass is 19.4. The third-order valence-corrected chi connectivity index (χ3v) is 3.59. The van der Waals surface area contributed by atoms with Gasteiger partial charge in [0.25, 0.3) is 0 Å². The van der Waals surface area contributed by atoms with E-state index < -0.39 is 11.7 Å². The summed E-state index contributed by atoms with van der Waals surface area (Å²) < 4.78 is 40.0. The maximum Gasteiger partial charge on any atom is 0.416 e. The number of halogens is 3. The third-order valence-electron chi connectivity index (χ3n) is 3.59. The minimum Gasteiger partial charge on any atom is -0.303 e. The van der Waals surface area contributed by atoms with Gasteiger partial charge in [0.1, 0.15) is 0 Å². The Balaban J connectivity index is 1.73. The van der Waals surface area contributed by atoms with Crippen LogP contribution in [0.3, 0.4) is 0 Å². The van der Waals surface area contributed by atoms with Gasteiger partial charge in [0.05, 0.1) is 11.6 Å². The number of benzene rings is 1. The number of aromatic nitrogens is 3. The van der Waals surface area contributed by atoms with E-state index in [9.17, 15) is 13.2 Å². The van der Waals surface area contributed by atoms with Crippen LogP contribution in [-0.2, 0) is 12.7 Å². The van der Waals surface area contributed by atoms with Gasteiger partial charge in [-0.1, -0.05) is 24.3 Å². The molecule has 4 nitrogen and oxygen atoms in total. The average Bonchev–Trinajstić information content (AvgIpc) is 2.96. The molecule has 1 aromatic carbocycles. The number of nitrogens with zero attached hydrogens (tertiary/aromatic N) is 3. The molecule has 120 valence electrons. The molecule has 1 atom stereocenters. The van der Waals surface area contributed by atoms with Crippen LogP contribution in [0.15, 0.2) is 48.7 Å². The Kier molecular flexibility index (Phi) is 4.04. The zero-order valence-electron chi connectivity index (χ0n) is 12.4. The zero-order valence-corrected chi connectivity index (χ0v) is 12.4.